The Bertz CT molecular complexity index is 1080. The summed E-state index contributed by atoms with van der Waals surface area (Å²) < 4.78 is 34.5. The van der Waals surface area contributed by atoms with E-state index < -0.39 is 10.0 Å². The summed E-state index contributed by atoms with van der Waals surface area (Å²) in [6.07, 6.45) is 0.999. The number of hydrogen-bond acceptors (Lipinski definition) is 7. The Morgan fingerprint density at radius 2 is 1.67 bits per heavy atom. The predicted octanol–water partition coefficient (Wildman–Crippen LogP) is 3.50. The van der Waals surface area contributed by atoms with Crippen molar-refractivity contribution in [3.8, 4) is 5.75 Å². The van der Waals surface area contributed by atoms with Crippen molar-refractivity contribution in [1.29, 1.82) is 0 Å². The van der Waals surface area contributed by atoms with Crippen LogP contribution in [0.15, 0.2) is 58.9 Å². The molecule has 0 amide bonds. The second kappa shape index (κ2) is 13.4. The summed E-state index contributed by atoms with van der Waals surface area (Å²) in [6.45, 7) is 6.77. The van der Waals surface area contributed by atoms with Gasteiger partial charge in [0.05, 0.1) is 27.2 Å². The number of thiazole rings is 1. The Labute approximate surface area is 212 Å². The van der Waals surface area contributed by atoms with Gasteiger partial charge in [-0.25, -0.2) is 18.1 Å². The molecule has 0 aliphatic carbocycles. The lowest BCUT2D eigenvalue weighted by Gasteiger charge is -2.34. The topological polar surface area (TPSA) is 74.8 Å². The number of fused-ring (bicyclic) bond motifs is 1. The lowest BCUT2D eigenvalue weighted by Crippen LogP contribution is -2.48. The van der Waals surface area contributed by atoms with Gasteiger partial charge < -0.3 is 9.64 Å². The van der Waals surface area contributed by atoms with Crippen LogP contribution in [0.3, 0.4) is 0 Å². The van der Waals surface area contributed by atoms with Crippen LogP contribution in [0.2, 0.25) is 0 Å². The van der Waals surface area contributed by atoms with Crippen molar-refractivity contribution in [3.05, 3.63) is 54.0 Å². The molecule has 182 valence electrons. The normalized spacial score (nSPS) is 15.0. The number of rotatable bonds is 10. The van der Waals surface area contributed by atoms with Gasteiger partial charge in [0, 0.05) is 45.8 Å². The Morgan fingerprint density at radius 1 is 0.970 bits per heavy atom. The summed E-state index contributed by atoms with van der Waals surface area (Å²) in [7, 11) is -3.50. The average Bonchev–Trinajstić information content (AvgIpc) is 3.26. The van der Waals surface area contributed by atoms with Gasteiger partial charge in [-0.1, -0.05) is 18.2 Å². The Hall–Kier alpha value is -1.46. The second-order valence-corrected chi connectivity index (χ2v) is 10.2. The van der Waals surface area contributed by atoms with Crippen molar-refractivity contribution in [2.75, 3.05) is 52.4 Å². The fraction of sp³-hybridized carbons (Fsp3) is 0.409. The molecule has 7 nitrogen and oxygen atoms in total. The second-order valence-electron chi connectivity index (χ2n) is 7.58. The van der Waals surface area contributed by atoms with Crippen molar-refractivity contribution < 1.29 is 13.2 Å². The van der Waals surface area contributed by atoms with Crippen molar-refractivity contribution in [3.63, 3.8) is 0 Å². The number of nitrogens with zero attached hydrogens (tertiary/aromatic N) is 3. The molecule has 4 rings (SSSR count). The zero-order chi connectivity index (χ0) is 21.5. The molecule has 1 aliphatic heterocycles. The maximum Gasteiger partial charge on any atom is 0.240 e. The fourth-order valence-corrected chi connectivity index (χ4v) is 5.49. The van der Waals surface area contributed by atoms with E-state index in [9.17, 15) is 8.42 Å². The summed E-state index contributed by atoms with van der Waals surface area (Å²) >= 11 is 1.45. The molecule has 1 N–H and O–H groups in total. The number of nitrogens with one attached hydrogen (secondary N) is 1. The third kappa shape index (κ3) is 8.06. The van der Waals surface area contributed by atoms with Crippen LogP contribution in [0, 0.1) is 0 Å². The first-order chi connectivity index (χ1) is 15.1. The van der Waals surface area contributed by atoms with E-state index in [0.717, 1.165) is 61.7 Å². The molecule has 0 bridgehead atoms. The zero-order valence-corrected chi connectivity index (χ0v) is 21.5. The van der Waals surface area contributed by atoms with Gasteiger partial charge in [0.15, 0.2) is 0 Å². The monoisotopic (exact) mass is 532 g/mol. The van der Waals surface area contributed by atoms with Gasteiger partial charge >= 0.3 is 0 Å². The molecule has 0 spiro atoms. The Morgan fingerprint density at radius 3 is 2.39 bits per heavy atom. The molecule has 11 heteroatoms. The van der Waals surface area contributed by atoms with E-state index in [1.54, 1.807) is 23.7 Å². The molecule has 2 aromatic carbocycles. The van der Waals surface area contributed by atoms with E-state index in [2.05, 4.69) is 19.5 Å². The number of hydrogen-bond donors (Lipinski definition) is 1. The summed E-state index contributed by atoms with van der Waals surface area (Å²) in [5.41, 5.74) is 2.55. The largest absolute Gasteiger partial charge is 0.494 e. The van der Waals surface area contributed by atoms with Gasteiger partial charge in [0.1, 0.15) is 5.75 Å². The average molecular weight is 534 g/mol. The fourth-order valence-electron chi connectivity index (χ4n) is 3.66. The standard InChI is InChI=1S/C22H28N4O3S2.2ClH/c27-31(28,20-7-8-21-22(17-20)30-18-23-21)24-9-11-26-14-12-25(13-15-26)10-4-16-29-19-5-2-1-3-6-19;;/h1-3,5-8,17-18,24H,4,9-16H2;2*1H. The molecule has 1 saturated heterocycles. The van der Waals surface area contributed by atoms with Crippen LogP contribution >= 0.6 is 36.2 Å². The molecule has 0 unspecified atom stereocenters. The number of para-hydroxylation sites is 1. The summed E-state index contributed by atoms with van der Waals surface area (Å²) in [5.74, 6) is 0.918. The highest BCUT2D eigenvalue weighted by Crippen LogP contribution is 2.21. The van der Waals surface area contributed by atoms with Crippen LogP contribution < -0.4 is 9.46 Å². The molecule has 33 heavy (non-hydrogen) atoms. The number of ether oxygens (including phenoxy) is 1. The molecule has 2 heterocycles. The van der Waals surface area contributed by atoms with Crippen LogP contribution in [-0.4, -0.2) is 75.6 Å². The van der Waals surface area contributed by atoms with E-state index in [-0.39, 0.29) is 24.8 Å². The van der Waals surface area contributed by atoms with Crippen molar-refractivity contribution in [2.45, 2.75) is 11.3 Å². The quantitative estimate of drug-likeness (QED) is 0.402. The maximum atomic E-state index is 12.6. The molecule has 1 aliphatic rings. The van der Waals surface area contributed by atoms with Crippen LogP contribution in [0.4, 0.5) is 0 Å². The molecule has 1 aromatic heterocycles. The SMILES string of the molecule is Cl.Cl.O=S(=O)(NCCN1CCN(CCCOc2ccccc2)CC1)c1ccc2ncsc2c1. The molecule has 0 saturated carbocycles. The van der Waals surface area contributed by atoms with Crippen LogP contribution in [0.1, 0.15) is 6.42 Å². The van der Waals surface area contributed by atoms with Crippen LogP contribution in [-0.2, 0) is 10.0 Å². The van der Waals surface area contributed by atoms with Gasteiger partial charge in [0.25, 0.3) is 0 Å². The molecular weight excluding hydrogens is 503 g/mol. The van der Waals surface area contributed by atoms with E-state index in [4.69, 9.17) is 4.74 Å². The number of halogens is 2. The third-order valence-electron chi connectivity index (χ3n) is 5.43. The minimum Gasteiger partial charge on any atom is -0.494 e. The van der Waals surface area contributed by atoms with Crippen molar-refractivity contribution in [2.24, 2.45) is 0 Å². The first kappa shape index (κ1) is 27.8. The summed E-state index contributed by atoms with van der Waals surface area (Å²) in [5, 5.41) is 0. The maximum absolute atomic E-state index is 12.6. The third-order valence-corrected chi connectivity index (χ3v) is 7.68. The highest BCUT2D eigenvalue weighted by molar-refractivity contribution is 7.89. The highest BCUT2D eigenvalue weighted by Gasteiger charge is 2.18. The lowest BCUT2D eigenvalue weighted by molar-refractivity contribution is 0.128. The first-order valence-electron chi connectivity index (χ1n) is 10.6. The van der Waals surface area contributed by atoms with E-state index in [1.807, 2.05) is 30.3 Å². The summed E-state index contributed by atoms with van der Waals surface area (Å²) in [6, 6.07) is 15.0. The van der Waals surface area contributed by atoms with Crippen LogP contribution in [0.5, 0.6) is 5.75 Å². The molecule has 3 aromatic rings. The Kier molecular flexibility index (Phi) is 11.3. The van der Waals surface area contributed by atoms with Gasteiger partial charge in [-0.15, -0.1) is 36.2 Å². The van der Waals surface area contributed by atoms with E-state index in [0.29, 0.717) is 18.0 Å². The smallest absolute Gasteiger partial charge is 0.240 e. The summed E-state index contributed by atoms with van der Waals surface area (Å²) in [4.78, 5) is 9.25. The number of aromatic nitrogens is 1. The first-order valence-corrected chi connectivity index (χ1v) is 12.9. The molecular formula is C22H30Cl2N4O3S2. The van der Waals surface area contributed by atoms with E-state index >= 15 is 0 Å². The highest BCUT2D eigenvalue weighted by atomic mass is 35.5. The van der Waals surface area contributed by atoms with Crippen molar-refractivity contribution >= 4 is 56.4 Å². The van der Waals surface area contributed by atoms with Gasteiger partial charge in [-0.05, 0) is 36.8 Å². The number of sulfonamides is 1. The minimum absolute atomic E-state index is 0. The van der Waals surface area contributed by atoms with Gasteiger partial charge in [0.2, 0.25) is 10.0 Å². The van der Waals surface area contributed by atoms with Crippen molar-refractivity contribution in [1.82, 2.24) is 19.5 Å². The van der Waals surface area contributed by atoms with E-state index in [1.165, 1.54) is 11.3 Å². The lowest BCUT2D eigenvalue weighted by atomic mass is 10.3. The molecule has 0 radical (unpaired) electrons. The minimum atomic E-state index is -3.50. The van der Waals surface area contributed by atoms with Gasteiger partial charge in [-0.3, -0.25) is 4.90 Å². The van der Waals surface area contributed by atoms with Gasteiger partial charge in [-0.2, -0.15) is 0 Å². The Balaban J connectivity index is 0.00000193. The molecule has 1 fully saturated rings. The number of piperazine rings is 1. The van der Waals surface area contributed by atoms with Crippen LogP contribution in [0.25, 0.3) is 10.2 Å². The predicted molar refractivity (Wildman–Crippen MR) is 139 cm³/mol. The zero-order valence-electron chi connectivity index (χ0n) is 18.3. The number of benzene rings is 2. The molecule has 0 atom stereocenters.